The number of allylic oxidation sites excluding steroid dienone is 2. The summed E-state index contributed by atoms with van der Waals surface area (Å²) in [6.45, 7) is 9.06. The van der Waals surface area contributed by atoms with E-state index in [0.29, 0.717) is 17.7 Å². The van der Waals surface area contributed by atoms with Crippen LogP contribution in [0.5, 0.6) is 0 Å². The second-order valence-electron chi connectivity index (χ2n) is 16.5. The highest BCUT2D eigenvalue weighted by Gasteiger charge is 2.61. The van der Waals surface area contributed by atoms with Gasteiger partial charge in [-0.2, -0.15) is 0 Å². The first-order chi connectivity index (χ1) is 34.9. The monoisotopic (exact) mass is 1090 g/mol. The minimum absolute atomic E-state index is 0.00322. The van der Waals surface area contributed by atoms with Gasteiger partial charge in [0.05, 0.1) is 49.0 Å². The summed E-state index contributed by atoms with van der Waals surface area (Å²) in [5.74, 6) is -7.66. The zero-order valence-corrected chi connectivity index (χ0v) is 42.5. The lowest BCUT2D eigenvalue weighted by molar-refractivity contribution is -0.337. The summed E-state index contributed by atoms with van der Waals surface area (Å²) in [7, 11) is 0. The first-order valence-electron chi connectivity index (χ1n) is 22.7. The molecule has 23 heteroatoms. The molecule has 0 radical (unpaired) electrons. The molecular formula is C50H50Cl4N2O17. The van der Waals surface area contributed by atoms with Crippen molar-refractivity contribution < 1.29 is 81.0 Å². The van der Waals surface area contributed by atoms with E-state index >= 15 is 0 Å². The van der Waals surface area contributed by atoms with Crippen molar-refractivity contribution in [3.8, 4) is 0 Å². The van der Waals surface area contributed by atoms with Crippen molar-refractivity contribution >= 4 is 94.0 Å². The van der Waals surface area contributed by atoms with E-state index in [1.807, 2.05) is 0 Å². The summed E-state index contributed by atoms with van der Waals surface area (Å²) in [6.07, 6.45) is -9.95. The maximum Gasteiger partial charge on any atom is 0.338 e. The molecule has 19 nitrogen and oxygen atoms in total. The third-order valence-electron chi connectivity index (χ3n) is 11.4. The molecule has 73 heavy (non-hydrogen) atoms. The predicted molar refractivity (Wildman–Crippen MR) is 260 cm³/mol. The molecule has 3 aromatic rings. The highest BCUT2D eigenvalue weighted by atomic mass is 35.5. The Kier molecular flexibility index (Phi) is 20.0. The largest absolute Gasteiger partial charge is 0.463 e. The molecule has 3 heterocycles. The number of unbranched alkanes of at least 4 members (excludes halogenated alkanes) is 1. The van der Waals surface area contributed by atoms with Crippen LogP contribution in [0, 0.1) is 0 Å². The van der Waals surface area contributed by atoms with Crippen LogP contribution in [0.2, 0.25) is 20.1 Å². The Hall–Kier alpha value is -5.90. The predicted octanol–water partition coefficient (Wildman–Crippen LogP) is 7.04. The van der Waals surface area contributed by atoms with Gasteiger partial charge in [-0.1, -0.05) is 95.0 Å². The van der Waals surface area contributed by atoms with Crippen LogP contribution in [0.25, 0.3) is 0 Å². The molecule has 0 aliphatic carbocycles. The molecule has 0 aromatic heterocycles. The molecule has 390 valence electrons. The van der Waals surface area contributed by atoms with Crippen LogP contribution in [0.1, 0.15) is 87.9 Å². The van der Waals surface area contributed by atoms with Crippen LogP contribution in [0.3, 0.4) is 0 Å². The van der Waals surface area contributed by atoms with Crippen molar-refractivity contribution in [2.45, 2.75) is 108 Å². The molecule has 0 saturated carbocycles. The van der Waals surface area contributed by atoms with Gasteiger partial charge >= 0.3 is 29.8 Å². The number of hydrogen-bond acceptors (Lipinski definition) is 17. The molecule has 0 bridgehead atoms. The van der Waals surface area contributed by atoms with Crippen molar-refractivity contribution in [1.29, 1.82) is 0 Å². The van der Waals surface area contributed by atoms with E-state index in [4.69, 9.17) is 89.0 Å². The van der Waals surface area contributed by atoms with Crippen LogP contribution < -0.4 is 5.32 Å². The smallest absolute Gasteiger partial charge is 0.338 e. The number of nitrogens with one attached hydrogen (secondary N) is 1. The number of benzene rings is 3. The second kappa shape index (κ2) is 25.9. The van der Waals surface area contributed by atoms with Crippen LogP contribution in [-0.4, -0.2) is 134 Å². The Morgan fingerprint density at radius 2 is 1.15 bits per heavy atom. The fraction of sp³-hybridized carbons (Fsp3) is 0.400. The number of carbonyl (C=O) groups excluding carboxylic acids is 8. The van der Waals surface area contributed by atoms with Crippen molar-refractivity contribution in [2.24, 2.45) is 0 Å². The highest BCUT2D eigenvalue weighted by molar-refractivity contribution is 6.55. The zero-order valence-electron chi connectivity index (χ0n) is 39.5. The summed E-state index contributed by atoms with van der Waals surface area (Å²) in [5.41, 5.74) is -0.903. The summed E-state index contributed by atoms with van der Waals surface area (Å²) in [4.78, 5) is 110. The van der Waals surface area contributed by atoms with E-state index in [1.54, 1.807) is 42.5 Å². The lowest BCUT2D eigenvalue weighted by atomic mass is 9.93. The fourth-order valence-corrected chi connectivity index (χ4v) is 9.21. The van der Waals surface area contributed by atoms with Gasteiger partial charge in [-0.3, -0.25) is 33.7 Å². The normalized spacial score (nSPS) is 24.4. The van der Waals surface area contributed by atoms with Gasteiger partial charge in [0.2, 0.25) is 5.91 Å². The zero-order chi connectivity index (χ0) is 53.1. The number of amides is 3. The Bertz CT molecular complexity index is 2540. The number of fused-ring (bicyclic) bond motifs is 1. The molecule has 0 spiro atoms. The standard InChI is InChI=1S/C50H50Cl4N2O17/c1-6-8-16-22-65-49-39(55-32(60)21-9-7-2)43(72-48(64)29-19-14-11-15-20-29)41(31(70-49)24-67-47(63)28-17-12-10-13-18-28)73-50-40(56-45(61)33-34(46(56)62)36(52)38(54)37(53)35(33)51)44(69-27(5)59)42(68-26(4)58)30(71-50)23-66-25(3)57/h6-7,10-15,17-20,30-31,39-44,49-50H,1-2,8-9,16,21-24H2,3-5H3,(H,55,60)/t30-,31-,39-,40-,41-,42-,43-,44-,49-,50+/m1/s1. The van der Waals surface area contributed by atoms with Gasteiger partial charge in [0.15, 0.2) is 30.9 Å². The first kappa shape index (κ1) is 56.4. The third-order valence-corrected chi connectivity index (χ3v) is 13.2. The minimum Gasteiger partial charge on any atom is -0.463 e. The maximum atomic E-state index is 14.8. The quantitative estimate of drug-likeness (QED) is 0.0214. The highest BCUT2D eigenvalue weighted by Crippen LogP contribution is 2.47. The number of carbonyl (C=O) groups is 8. The number of hydrogen-bond donors (Lipinski definition) is 1. The number of esters is 5. The minimum atomic E-state index is -2.14. The van der Waals surface area contributed by atoms with E-state index in [-0.39, 0.29) is 30.6 Å². The number of halogens is 4. The van der Waals surface area contributed by atoms with Crippen molar-refractivity contribution in [3.05, 3.63) is 128 Å². The van der Waals surface area contributed by atoms with E-state index in [1.165, 1.54) is 30.3 Å². The van der Waals surface area contributed by atoms with Gasteiger partial charge in [-0.05, 0) is 43.5 Å². The topological polar surface area (TPSA) is 235 Å². The van der Waals surface area contributed by atoms with Crippen molar-refractivity contribution in [3.63, 3.8) is 0 Å². The van der Waals surface area contributed by atoms with Gasteiger partial charge in [0, 0.05) is 27.2 Å². The van der Waals surface area contributed by atoms with Crippen LogP contribution >= 0.6 is 46.4 Å². The number of rotatable bonds is 21. The molecular weight excluding hydrogens is 1040 g/mol. The number of imide groups is 1. The van der Waals surface area contributed by atoms with E-state index < -0.39 is 153 Å². The summed E-state index contributed by atoms with van der Waals surface area (Å²) >= 11 is 25.9. The summed E-state index contributed by atoms with van der Waals surface area (Å²) in [5, 5.41) is 1.07. The molecule has 3 aliphatic heterocycles. The maximum absolute atomic E-state index is 14.8. The van der Waals surface area contributed by atoms with Crippen LogP contribution in [0.4, 0.5) is 0 Å². The van der Waals surface area contributed by atoms with Gasteiger partial charge in [0.25, 0.3) is 11.8 Å². The van der Waals surface area contributed by atoms with Crippen LogP contribution in [0.15, 0.2) is 86.0 Å². The Morgan fingerprint density at radius 1 is 0.630 bits per heavy atom. The molecule has 2 fully saturated rings. The molecule has 1 N–H and O–H groups in total. The van der Waals surface area contributed by atoms with E-state index in [0.717, 1.165) is 20.8 Å². The summed E-state index contributed by atoms with van der Waals surface area (Å²) < 4.78 is 55.1. The van der Waals surface area contributed by atoms with Crippen molar-refractivity contribution in [1.82, 2.24) is 10.2 Å². The Labute approximate surface area is 439 Å². The van der Waals surface area contributed by atoms with E-state index in [9.17, 15) is 38.4 Å². The lowest BCUT2D eigenvalue weighted by Crippen LogP contribution is -2.71. The molecule has 3 aromatic carbocycles. The molecule has 3 amide bonds. The second-order valence-corrected chi connectivity index (χ2v) is 18.0. The molecule has 10 atom stereocenters. The average molecular weight is 1090 g/mol. The van der Waals surface area contributed by atoms with E-state index in [2.05, 4.69) is 18.5 Å². The molecule has 3 aliphatic rings. The van der Waals surface area contributed by atoms with Gasteiger partial charge in [-0.15, -0.1) is 13.2 Å². The number of ether oxygens (including phenoxy) is 9. The molecule has 2 saturated heterocycles. The fourth-order valence-electron chi connectivity index (χ4n) is 8.20. The first-order valence-corrected chi connectivity index (χ1v) is 24.2. The van der Waals surface area contributed by atoms with Crippen molar-refractivity contribution in [2.75, 3.05) is 19.8 Å². The SMILES string of the molecule is C=CCCCO[C@@H]1O[C@H](COC(=O)c2ccccc2)[C@@H](O[C@@H]2O[C@H](COC(C)=O)[C@@H](OC(C)=O)[C@H](OC(C)=O)[C@H]2N2C(=O)c3c(Cl)c(Cl)c(Cl)c(Cl)c3C2=O)[C@H](OC(=O)c2ccccc2)[C@H]1NC(=O)CCC=C. The molecule has 0 unspecified atom stereocenters. The lowest BCUT2D eigenvalue weighted by Gasteiger charge is -2.50. The molecule has 6 rings (SSSR count). The van der Waals surface area contributed by atoms with Gasteiger partial charge in [0.1, 0.15) is 43.6 Å². The Balaban J connectivity index is 1.58. The third kappa shape index (κ3) is 13.5. The van der Waals surface area contributed by atoms with Gasteiger partial charge < -0.3 is 47.9 Å². The summed E-state index contributed by atoms with van der Waals surface area (Å²) in [6, 6.07) is 12.0. The Morgan fingerprint density at radius 3 is 1.70 bits per heavy atom. The van der Waals surface area contributed by atoms with Gasteiger partial charge in [-0.25, -0.2) is 9.59 Å². The van der Waals surface area contributed by atoms with Crippen LogP contribution in [-0.2, 0) is 61.8 Å². The number of nitrogens with zero attached hydrogens (tertiary/aromatic N) is 1. The average Bonchev–Trinajstić information content (AvgIpc) is 3.62.